The van der Waals surface area contributed by atoms with E-state index in [0.717, 1.165) is 37.8 Å². The Balaban J connectivity index is 1.44. The van der Waals surface area contributed by atoms with Crippen LogP contribution in [-0.4, -0.2) is 68.8 Å². The van der Waals surface area contributed by atoms with Gasteiger partial charge in [-0.05, 0) is 75.9 Å². The molecule has 0 saturated carbocycles. The van der Waals surface area contributed by atoms with Crippen molar-refractivity contribution < 1.29 is 22.6 Å². The average molecular weight is 528 g/mol. The third kappa shape index (κ3) is 6.03. The van der Waals surface area contributed by atoms with Crippen molar-refractivity contribution in [1.29, 1.82) is 5.26 Å². The van der Waals surface area contributed by atoms with Gasteiger partial charge in [0.05, 0.1) is 31.1 Å². The van der Waals surface area contributed by atoms with Gasteiger partial charge < -0.3 is 14.2 Å². The second-order valence-electron chi connectivity index (χ2n) is 10.0. The maximum Gasteiger partial charge on any atom is 0.216 e. The fourth-order valence-electron chi connectivity index (χ4n) is 5.40. The molecule has 3 unspecified atom stereocenters. The number of nitrogens with zero attached hydrogens (tertiary/aromatic N) is 3. The second-order valence-corrected chi connectivity index (χ2v) is 12.5. The van der Waals surface area contributed by atoms with Gasteiger partial charge in [-0.15, -0.1) is 0 Å². The minimum absolute atomic E-state index is 0.203. The summed E-state index contributed by atoms with van der Waals surface area (Å²) in [7, 11) is -0.0281. The number of hydrogen-bond donors (Lipinski definition) is 0. The van der Waals surface area contributed by atoms with Crippen molar-refractivity contribution in [2.24, 2.45) is 0 Å². The van der Waals surface area contributed by atoms with Crippen LogP contribution in [-0.2, 0) is 10.0 Å². The molecule has 2 aromatic rings. The lowest BCUT2D eigenvalue weighted by molar-refractivity contribution is 0.100. The van der Waals surface area contributed by atoms with E-state index in [1.807, 2.05) is 42.5 Å². The lowest BCUT2D eigenvalue weighted by atomic mass is 10.0. The van der Waals surface area contributed by atoms with Crippen LogP contribution in [0.5, 0.6) is 17.2 Å². The smallest absolute Gasteiger partial charge is 0.216 e. The van der Waals surface area contributed by atoms with E-state index < -0.39 is 10.0 Å². The molecule has 2 aliphatic rings. The molecule has 2 fully saturated rings. The van der Waals surface area contributed by atoms with Crippen molar-refractivity contribution >= 4 is 10.0 Å². The normalized spacial score (nSPS) is 21.0. The molecule has 2 heterocycles. The van der Waals surface area contributed by atoms with E-state index in [4.69, 9.17) is 14.2 Å². The number of rotatable bonds is 11. The van der Waals surface area contributed by atoms with Crippen molar-refractivity contribution in [2.75, 3.05) is 33.9 Å². The first-order chi connectivity index (χ1) is 17.8. The summed E-state index contributed by atoms with van der Waals surface area (Å²) in [5.74, 6) is 1.92. The van der Waals surface area contributed by atoms with Gasteiger partial charge in [-0.2, -0.15) is 9.57 Å². The third-order valence-electron chi connectivity index (χ3n) is 7.48. The summed E-state index contributed by atoms with van der Waals surface area (Å²) < 4.78 is 44.4. The Kier molecular flexibility index (Phi) is 8.63. The van der Waals surface area contributed by atoms with Crippen molar-refractivity contribution in [3.8, 4) is 23.3 Å². The van der Waals surface area contributed by atoms with E-state index in [2.05, 4.69) is 11.0 Å². The maximum absolute atomic E-state index is 12.7. The van der Waals surface area contributed by atoms with E-state index in [9.17, 15) is 13.7 Å². The van der Waals surface area contributed by atoms with E-state index in [0.29, 0.717) is 35.9 Å². The Morgan fingerprint density at radius 3 is 2.22 bits per heavy atom. The minimum Gasteiger partial charge on any atom is -0.493 e. The number of hydrogen-bond acceptors (Lipinski definition) is 7. The molecular weight excluding hydrogens is 490 g/mol. The SMILES string of the molecule is COc1ccc(OC(CCCN2C3CCC2CN(S(=O)(=O)C(C)C)C3)c2ccc(C#N)cc2)cc1OC. The van der Waals surface area contributed by atoms with Crippen LogP contribution in [0.25, 0.3) is 0 Å². The van der Waals surface area contributed by atoms with Crippen LogP contribution in [0.4, 0.5) is 0 Å². The summed E-state index contributed by atoms with van der Waals surface area (Å²) in [6.07, 6.45) is 3.56. The molecule has 0 N–H and O–H groups in total. The molecule has 2 aliphatic heterocycles. The predicted molar refractivity (Wildman–Crippen MR) is 142 cm³/mol. The molecule has 0 amide bonds. The Morgan fingerprint density at radius 2 is 1.65 bits per heavy atom. The standard InChI is InChI=1S/C28H37N3O5S/c1-20(2)37(32,33)30-18-23-11-12-24(19-30)31(23)15-5-6-26(22-9-7-21(17-29)8-10-22)36-25-13-14-27(34-3)28(16-25)35-4/h7-10,13-14,16,20,23-24,26H,5-6,11-12,15,18-19H2,1-4H3. The molecule has 3 atom stereocenters. The quantitative estimate of drug-likeness (QED) is 0.429. The fourth-order valence-corrected chi connectivity index (χ4v) is 6.76. The fraction of sp³-hybridized carbons (Fsp3) is 0.536. The highest BCUT2D eigenvalue weighted by atomic mass is 32.2. The van der Waals surface area contributed by atoms with E-state index in [-0.39, 0.29) is 23.4 Å². The van der Waals surface area contributed by atoms with Gasteiger partial charge in [-0.1, -0.05) is 12.1 Å². The first kappa shape index (κ1) is 27.2. The first-order valence-electron chi connectivity index (χ1n) is 12.9. The van der Waals surface area contributed by atoms with Gasteiger partial charge in [0.25, 0.3) is 0 Å². The van der Waals surface area contributed by atoms with Gasteiger partial charge in [-0.3, -0.25) is 4.90 Å². The third-order valence-corrected chi connectivity index (χ3v) is 9.69. The number of ether oxygens (including phenoxy) is 3. The topological polar surface area (TPSA) is 92.1 Å². The highest BCUT2D eigenvalue weighted by Gasteiger charge is 2.43. The molecule has 0 radical (unpaired) electrons. The number of piperazine rings is 1. The molecule has 2 saturated heterocycles. The lowest BCUT2D eigenvalue weighted by Crippen LogP contribution is -2.56. The largest absolute Gasteiger partial charge is 0.493 e. The molecule has 37 heavy (non-hydrogen) atoms. The Labute approximate surface area is 220 Å². The van der Waals surface area contributed by atoms with Gasteiger partial charge in [0, 0.05) is 31.2 Å². The molecular formula is C28H37N3O5S. The van der Waals surface area contributed by atoms with Gasteiger partial charge in [0.2, 0.25) is 10.0 Å². The van der Waals surface area contributed by atoms with Crippen LogP contribution in [0, 0.1) is 11.3 Å². The van der Waals surface area contributed by atoms with Gasteiger partial charge >= 0.3 is 0 Å². The second kappa shape index (κ2) is 11.7. The van der Waals surface area contributed by atoms with Crippen LogP contribution in [0.2, 0.25) is 0 Å². The number of sulfonamides is 1. The summed E-state index contributed by atoms with van der Waals surface area (Å²) in [5, 5.41) is 8.81. The molecule has 9 heteroatoms. The molecule has 2 bridgehead atoms. The minimum atomic E-state index is -3.23. The highest BCUT2D eigenvalue weighted by Crippen LogP contribution is 2.36. The Morgan fingerprint density at radius 1 is 1.00 bits per heavy atom. The Hall–Kier alpha value is -2.80. The number of fused-ring (bicyclic) bond motifs is 2. The summed E-state index contributed by atoms with van der Waals surface area (Å²) in [5.41, 5.74) is 1.61. The zero-order valence-corrected chi connectivity index (χ0v) is 22.9. The van der Waals surface area contributed by atoms with Crippen LogP contribution >= 0.6 is 0 Å². The van der Waals surface area contributed by atoms with E-state index >= 15 is 0 Å². The van der Waals surface area contributed by atoms with Crippen LogP contribution in [0.1, 0.15) is 56.8 Å². The monoisotopic (exact) mass is 527 g/mol. The molecule has 0 aliphatic carbocycles. The van der Waals surface area contributed by atoms with Gasteiger partial charge in [0.1, 0.15) is 11.9 Å². The number of methoxy groups -OCH3 is 2. The summed E-state index contributed by atoms with van der Waals surface area (Å²) in [6, 6.07) is 15.8. The zero-order valence-electron chi connectivity index (χ0n) is 22.1. The molecule has 4 rings (SSSR count). The van der Waals surface area contributed by atoms with E-state index in [1.165, 1.54) is 0 Å². The van der Waals surface area contributed by atoms with Crippen LogP contribution in [0.3, 0.4) is 0 Å². The molecule has 2 aromatic carbocycles. The summed E-state index contributed by atoms with van der Waals surface area (Å²) >= 11 is 0. The summed E-state index contributed by atoms with van der Waals surface area (Å²) in [6.45, 7) is 5.57. The Bertz CT molecular complexity index is 1200. The molecule has 0 aromatic heterocycles. The predicted octanol–water partition coefficient (Wildman–Crippen LogP) is 4.36. The van der Waals surface area contributed by atoms with Crippen molar-refractivity contribution in [2.45, 2.75) is 63.0 Å². The van der Waals surface area contributed by atoms with Gasteiger partial charge in [-0.25, -0.2) is 8.42 Å². The van der Waals surface area contributed by atoms with E-state index in [1.54, 1.807) is 32.4 Å². The number of nitriles is 1. The molecule has 200 valence electrons. The van der Waals surface area contributed by atoms with Crippen molar-refractivity contribution in [3.05, 3.63) is 53.6 Å². The van der Waals surface area contributed by atoms with Crippen LogP contribution < -0.4 is 14.2 Å². The zero-order chi connectivity index (χ0) is 26.6. The van der Waals surface area contributed by atoms with Crippen molar-refractivity contribution in [3.63, 3.8) is 0 Å². The maximum atomic E-state index is 12.7. The lowest BCUT2D eigenvalue weighted by Gasteiger charge is -2.41. The number of benzene rings is 2. The van der Waals surface area contributed by atoms with Gasteiger partial charge in [0.15, 0.2) is 11.5 Å². The van der Waals surface area contributed by atoms with Crippen molar-refractivity contribution in [1.82, 2.24) is 9.21 Å². The average Bonchev–Trinajstić information content (AvgIpc) is 3.13. The molecule has 8 nitrogen and oxygen atoms in total. The first-order valence-corrected chi connectivity index (χ1v) is 14.4. The molecule has 0 spiro atoms. The summed E-state index contributed by atoms with van der Waals surface area (Å²) in [4.78, 5) is 2.50. The highest BCUT2D eigenvalue weighted by molar-refractivity contribution is 7.89. The van der Waals surface area contributed by atoms with Crippen LogP contribution in [0.15, 0.2) is 42.5 Å².